The number of carboxylic acid groups (broad SMARTS) is 1. The smallest absolute Gasteiger partial charge is 0.337 e. The van der Waals surface area contributed by atoms with Crippen LogP contribution in [0.4, 0.5) is 5.69 Å². The van der Waals surface area contributed by atoms with Gasteiger partial charge in [-0.3, -0.25) is 4.55 Å². The van der Waals surface area contributed by atoms with Crippen LogP contribution < -0.4 is 5.32 Å². The summed E-state index contributed by atoms with van der Waals surface area (Å²) in [5.41, 5.74) is 0.0202. The maximum absolute atomic E-state index is 10.9. The first-order valence-corrected chi connectivity index (χ1v) is 6.00. The van der Waals surface area contributed by atoms with Crippen molar-refractivity contribution in [2.24, 2.45) is 0 Å². The predicted molar refractivity (Wildman–Crippen MR) is 61.9 cm³/mol. The minimum Gasteiger partial charge on any atom is -0.478 e. The van der Waals surface area contributed by atoms with E-state index in [1.165, 1.54) is 12.1 Å². The summed E-state index contributed by atoms with van der Waals surface area (Å²) in [6, 6.07) is 3.28. The third-order valence-corrected chi connectivity index (χ3v) is 2.81. The first-order valence-electron chi connectivity index (χ1n) is 4.56. The van der Waals surface area contributed by atoms with Crippen LogP contribution in [0.3, 0.4) is 0 Å². The highest BCUT2D eigenvalue weighted by Gasteiger charge is 2.16. The molecule has 0 unspecified atom stereocenters. The fourth-order valence-corrected chi connectivity index (χ4v) is 1.70. The lowest BCUT2D eigenvalue weighted by Crippen LogP contribution is -2.08. The Morgan fingerprint density at radius 2 is 2.12 bits per heavy atom. The van der Waals surface area contributed by atoms with Crippen molar-refractivity contribution in [3.05, 3.63) is 36.4 Å². The monoisotopic (exact) mass is 257 g/mol. The molecule has 0 heterocycles. The summed E-state index contributed by atoms with van der Waals surface area (Å²) >= 11 is 0. The molecule has 0 radical (unpaired) electrons. The molecule has 1 aromatic carbocycles. The van der Waals surface area contributed by atoms with Gasteiger partial charge in [0.2, 0.25) is 0 Å². The number of carbonyl (C=O) groups is 1. The molecule has 6 nitrogen and oxygen atoms in total. The first kappa shape index (κ1) is 13.2. The van der Waals surface area contributed by atoms with Crippen LogP contribution in [0.2, 0.25) is 0 Å². The minimum absolute atomic E-state index is 0.234. The zero-order valence-corrected chi connectivity index (χ0v) is 9.57. The first-order chi connectivity index (χ1) is 7.86. The molecule has 0 aliphatic carbocycles. The molecule has 3 N–H and O–H groups in total. The predicted octanol–water partition coefficient (Wildman–Crippen LogP) is 1.23. The molecule has 0 aliphatic rings. The van der Waals surface area contributed by atoms with Gasteiger partial charge in [-0.2, -0.15) is 8.42 Å². The Hall–Kier alpha value is -1.86. The van der Waals surface area contributed by atoms with Crippen molar-refractivity contribution in [2.45, 2.75) is 4.90 Å². The van der Waals surface area contributed by atoms with Crippen LogP contribution >= 0.6 is 0 Å². The zero-order chi connectivity index (χ0) is 13.1. The number of hydrogen-bond acceptors (Lipinski definition) is 4. The van der Waals surface area contributed by atoms with E-state index < -0.39 is 21.0 Å². The lowest BCUT2D eigenvalue weighted by atomic mass is 10.2. The van der Waals surface area contributed by atoms with Gasteiger partial charge in [0.1, 0.15) is 0 Å². The van der Waals surface area contributed by atoms with Gasteiger partial charge in [-0.1, -0.05) is 6.08 Å². The molecule has 0 saturated heterocycles. The molecule has 0 aliphatic heterocycles. The number of carboxylic acids is 1. The van der Waals surface area contributed by atoms with E-state index in [-0.39, 0.29) is 11.3 Å². The fraction of sp³-hybridized carbons (Fsp3) is 0.100. The molecule has 1 aromatic rings. The Morgan fingerprint density at radius 3 is 2.59 bits per heavy atom. The number of nitrogens with one attached hydrogen (secondary N) is 1. The van der Waals surface area contributed by atoms with Crippen molar-refractivity contribution in [1.29, 1.82) is 0 Å². The zero-order valence-electron chi connectivity index (χ0n) is 8.75. The van der Waals surface area contributed by atoms with Crippen LogP contribution in [0.1, 0.15) is 10.4 Å². The number of aromatic carboxylic acids is 1. The number of anilines is 1. The molecule has 0 bridgehead atoms. The number of rotatable bonds is 5. The van der Waals surface area contributed by atoms with Gasteiger partial charge >= 0.3 is 5.97 Å². The summed E-state index contributed by atoms with van der Waals surface area (Å²) in [4.78, 5) is 10.5. The molecule has 17 heavy (non-hydrogen) atoms. The van der Waals surface area contributed by atoms with Gasteiger partial charge in [-0.25, -0.2) is 4.79 Å². The SMILES string of the molecule is C=CCNc1ccc(S(=O)(=O)O)cc1C(=O)O. The Kier molecular flexibility index (Phi) is 3.87. The quantitative estimate of drug-likeness (QED) is 0.541. The van der Waals surface area contributed by atoms with Crippen molar-refractivity contribution in [1.82, 2.24) is 0 Å². The Bertz CT molecular complexity index is 550. The van der Waals surface area contributed by atoms with Crippen LogP contribution in [0.25, 0.3) is 0 Å². The maximum Gasteiger partial charge on any atom is 0.337 e. The molecule has 7 heteroatoms. The molecule has 92 valence electrons. The second kappa shape index (κ2) is 4.98. The van der Waals surface area contributed by atoms with Gasteiger partial charge in [0, 0.05) is 12.2 Å². The average Bonchev–Trinajstić information content (AvgIpc) is 2.24. The van der Waals surface area contributed by atoms with Crippen LogP contribution in [0.5, 0.6) is 0 Å². The van der Waals surface area contributed by atoms with Crippen molar-refractivity contribution in [3.63, 3.8) is 0 Å². The highest BCUT2D eigenvalue weighted by molar-refractivity contribution is 7.85. The van der Waals surface area contributed by atoms with E-state index in [0.29, 0.717) is 6.54 Å². The van der Waals surface area contributed by atoms with Gasteiger partial charge in [0.25, 0.3) is 10.1 Å². The standard InChI is InChI=1S/C10H11NO5S/c1-2-5-11-9-4-3-7(17(14,15)16)6-8(9)10(12)13/h2-4,6,11H,1,5H2,(H,12,13)(H,14,15,16). The summed E-state index contributed by atoms with van der Waals surface area (Å²) in [6.45, 7) is 3.80. The molecule has 0 spiro atoms. The topological polar surface area (TPSA) is 104 Å². The summed E-state index contributed by atoms with van der Waals surface area (Å²) in [5.74, 6) is -1.29. The van der Waals surface area contributed by atoms with Gasteiger partial charge in [-0.15, -0.1) is 6.58 Å². The van der Waals surface area contributed by atoms with Crippen molar-refractivity contribution >= 4 is 21.8 Å². The van der Waals surface area contributed by atoms with E-state index in [4.69, 9.17) is 9.66 Å². The fourth-order valence-electron chi connectivity index (χ4n) is 1.20. The van der Waals surface area contributed by atoms with E-state index >= 15 is 0 Å². The van der Waals surface area contributed by atoms with Gasteiger partial charge in [0.15, 0.2) is 0 Å². The maximum atomic E-state index is 10.9. The molecule has 0 atom stereocenters. The van der Waals surface area contributed by atoms with Gasteiger partial charge in [0.05, 0.1) is 10.5 Å². The largest absolute Gasteiger partial charge is 0.478 e. The molecular weight excluding hydrogens is 246 g/mol. The molecule has 0 amide bonds. The minimum atomic E-state index is -4.41. The molecule has 1 rings (SSSR count). The molecular formula is C10H11NO5S. The molecule has 0 saturated carbocycles. The lowest BCUT2D eigenvalue weighted by Gasteiger charge is -2.08. The van der Waals surface area contributed by atoms with E-state index in [1.807, 2.05) is 0 Å². The number of hydrogen-bond donors (Lipinski definition) is 3. The van der Waals surface area contributed by atoms with Crippen molar-refractivity contribution < 1.29 is 22.9 Å². The van der Waals surface area contributed by atoms with Crippen molar-refractivity contribution in [2.75, 3.05) is 11.9 Å². The van der Waals surface area contributed by atoms with Crippen LogP contribution in [-0.4, -0.2) is 30.6 Å². The van der Waals surface area contributed by atoms with E-state index in [0.717, 1.165) is 12.1 Å². The Morgan fingerprint density at radius 1 is 1.47 bits per heavy atom. The van der Waals surface area contributed by atoms with E-state index in [1.54, 1.807) is 0 Å². The highest BCUT2D eigenvalue weighted by Crippen LogP contribution is 2.20. The molecule has 0 fully saturated rings. The second-order valence-corrected chi connectivity index (χ2v) is 4.58. The van der Waals surface area contributed by atoms with Gasteiger partial charge < -0.3 is 10.4 Å². The summed E-state index contributed by atoms with van der Waals surface area (Å²) in [5, 5.41) is 11.7. The van der Waals surface area contributed by atoms with E-state index in [9.17, 15) is 13.2 Å². The summed E-state index contributed by atoms with van der Waals surface area (Å²) in [6.07, 6.45) is 1.53. The summed E-state index contributed by atoms with van der Waals surface area (Å²) < 4.78 is 30.5. The highest BCUT2D eigenvalue weighted by atomic mass is 32.2. The second-order valence-electron chi connectivity index (χ2n) is 3.16. The van der Waals surface area contributed by atoms with Crippen LogP contribution in [0.15, 0.2) is 35.7 Å². The average molecular weight is 257 g/mol. The van der Waals surface area contributed by atoms with Gasteiger partial charge in [-0.05, 0) is 18.2 Å². The number of benzene rings is 1. The Balaban J connectivity index is 3.27. The normalized spacial score (nSPS) is 10.9. The van der Waals surface area contributed by atoms with Crippen molar-refractivity contribution in [3.8, 4) is 0 Å². The molecule has 0 aromatic heterocycles. The third-order valence-electron chi connectivity index (χ3n) is 1.96. The Labute approximate surface area is 98.3 Å². The van der Waals surface area contributed by atoms with Crippen LogP contribution in [-0.2, 0) is 10.1 Å². The lowest BCUT2D eigenvalue weighted by molar-refractivity contribution is 0.0697. The van der Waals surface area contributed by atoms with E-state index in [2.05, 4.69) is 11.9 Å². The van der Waals surface area contributed by atoms with Crippen LogP contribution in [0, 0.1) is 0 Å². The summed E-state index contributed by atoms with van der Waals surface area (Å²) in [7, 11) is -4.41. The third kappa shape index (κ3) is 3.30.